The summed E-state index contributed by atoms with van der Waals surface area (Å²) in [6, 6.07) is 5.75. The Labute approximate surface area is 92.2 Å². The number of amides is 1. The second-order valence-electron chi connectivity index (χ2n) is 3.98. The van der Waals surface area contributed by atoms with Crippen LogP contribution in [0.25, 0.3) is 10.9 Å². The van der Waals surface area contributed by atoms with Crippen LogP contribution in [0.15, 0.2) is 24.4 Å². The van der Waals surface area contributed by atoms with E-state index in [0.29, 0.717) is 0 Å². The van der Waals surface area contributed by atoms with Crippen molar-refractivity contribution in [3.05, 3.63) is 24.4 Å². The molecule has 1 saturated heterocycles. The molecule has 1 aromatic carbocycles. The normalized spacial score (nSPS) is 16.0. The van der Waals surface area contributed by atoms with Crippen LogP contribution in [0.3, 0.4) is 0 Å². The first-order valence-electron chi connectivity index (χ1n) is 5.28. The number of nitrogens with one attached hydrogen (secondary N) is 3. The number of fused-ring (bicyclic) bond motifs is 1. The maximum Gasteiger partial charge on any atom is 0.230 e. The van der Waals surface area contributed by atoms with Gasteiger partial charge in [-0.1, -0.05) is 12.1 Å². The Hall–Kier alpha value is -1.88. The van der Waals surface area contributed by atoms with E-state index in [1.54, 1.807) is 6.20 Å². The van der Waals surface area contributed by atoms with Crippen molar-refractivity contribution in [1.29, 1.82) is 0 Å². The average molecular weight is 216 g/mol. The highest BCUT2D eigenvalue weighted by atomic mass is 16.2. The minimum Gasteiger partial charge on any atom is -0.324 e. The molecular weight excluding hydrogens is 204 g/mol. The molecule has 0 saturated carbocycles. The van der Waals surface area contributed by atoms with Gasteiger partial charge in [0.15, 0.2) is 0 Å². The fourth-order valence-corrected chi connectivity index (χ4v) is 1.78. The first kappa shape index (κ1) is 9.35. The molecule has 1 amide bonds. The Morgan fingerprint density at radius 2 is 2.31 bits per heavy atom. The third-order valence-corrected chi connectivity index (χ3v) is 2.89. The summed E-state index contributed by atoms with van der Waals surface area (Å²) in [5.41, 5.74) is 1.68. The Morgan fingerprint density at radius 3 is 3.06 bits per heavy atom. The van der Waals surface area contributed by atoms with Gasteiger partial charge in [0.05, 0.1) is 23.3 Å². The molecule has 1 fully saturated rings. The zero-order valence-corrected chi connectivity index (χ0v) is 8.66. The third kappa shape index (κ3) is 1.45. The Kier molecular flexibility index (Phi) is 2.11. The van der Waals surface area contributed by atoms with Crippen molar-refractivity contribution < 1.29 is 4.79 Å². The quantitative estimate of drug-likeness (QED) is 0.692. The minimum atomic E-state index is 0.0702. The number of carbonyl (C=O) groups is 1. The molecule has 0 unspecified atom stereocenters. The van der Waals surface area contributed by atoms with Gasteiger partial charge in [0.2, 0.25) is 5.91 Å². The van der Waals surface area contributed by atoms with Crippen LogP contribution in [-0.4, -0.2) is 29.2 Å². The van der Waals surface area contributed by atoms with E-state index in [0.717, 1.165) is 29.7 Å². The van der Waals surface area contributed by atoms with Crippen molar-refractivity contribution in [3.8, 4) is 0 Å². The smallest absolute Gasteiger partial charge is 0.230 e. The van der Waals surface area contributed by atoms with Gasteiger partial charge < -0.3 is 10.6 Å². The van der Waals surface area contributed by atoms with Crippen LogP contribution in [-0.2, 0) is 4.79 Å². The number of benzene rings is 1. The molecule has 82 valence electrons. The third-order valence-electron chi connectivity index (χ3n) is 2.89. The molecule has 5 nitrogen and oxygen atoms in total. The molecule has 3 N–H and O–H groups in total. The van der Waals surface area contributed by atoms with Crippen molar-refractivity contribution in [2.45, 2.75) is 0 Å². The lowest BCUT2D eigenvalue weighted by Crippen LogP contribution is -2.48. The molecule has 16 heavy (non-hydrogen) atoms. The minimum absolute atomic E-state index is 0.0702. The van der Waals surface area contributed by atoms with Crippen LogP contribution in [0.4, 0.5) is 5.69 Å². The Balaban J connectivity index is 1.88. The lowest BCUT2D eigenvalue weighted by atomic mass is 10.0. The zero-order valence-electron chi connectivity index (χ0n) is 8.66. The molecule has 1 aliphatic heterocycles. The molecule has 5 heteroatoms. The van der Waals surface area contributed by atoms with Crippen LogP contribution in [0.2, 0.25) is 0 Å². The van der Waals surface area contributed by atoms with E-state index in [2.05, 4.69) is 20.8 Å². The fourth-order valence-electron chi connectivity index (χ4n) is 1.78. The molecule has 0 aliphatic carbocycles. The van der Waals surface area contributed by atoms with Crippen LogP contribution >= 0.6 is 0 Å². The van der Waals surface area contributed by atoms with Crippen LogP contribution < -0.4 is 10.6 Å². The topological polar surface area (TPSA) is 69.8 Å². The number of nitrogens with zero attached hydrogens (tertiary/aromatic N) is 1. The molecule has 0 spiro atoms. The number of anilines is 1. The number of aromatic nitrogens is 2. The summed E-state index contributed by atoms with van der Waals surface area (Å²) in [5, 5.41) is 13.9. The molecule has 0 atom stereocenters. The summed E-state index contributed by atoms with van der Waals surface area (Å²) < 4.78 is 0. The largest absolute Gasteiger partial charge is 0.324 e. The number of para-hydroxylation sites is 1. The van der Waals surface area contributed by atoms with E-state index in [1.165, 1.54) is 0 Å². The number of H-pyrrole nitrogens is 1. The standard InChI is InChI=1S/C11H12N4O/c16-11(8-4-12-5-8)14-9-3-1-2-7-6-13-15-10(7)9/h1-3,6,8,12H,4-5H2,(H,13,15)(H,14,16). The van der Waals surface area contributed by atoms with E-state index >= 15 is 0 Å². The number of hydrogen-bond acceptors (Lipinski definition) is 3. The highest BCUT2D eigenvalue weighted by molar-refractivity contribution is 6.01. The van der Waals surface area contributed by atoms with E-state index in [9.17, 15) is 4.79 Å². The molecule has 2 aromatic rings. The van der Waals surface area contributed by atoms with Gasteiger partial charge >= 0.3 is 0 Å². The molecule has 1 aliphatic rings. The average Bonchev–Trinajstić information content (AvgIpc) is 2.63. The van der Waals surface area contributed by atoms with Gasteiger partial charge in [-0.05, 0) is 6.07 Å². The molecule has 0 radical (unpaired) electrons. The summed E-state index contributed by atoms with van der Waals surface area (Å²) in [7, 11) is 0. The van der Waals surface area contributed by atoms with Crippen LogP contribution in [0.1, 0.15) is 0 Å². The highest BCUT2D eigenvalue weighted by Crippen LogP contribution is 2.21. The van der Waals surface area contributed by atoms with Crippen molar-refractivity contribution in [1.82, 2.24) is 15.5 Å². The fraction of sp³-hybridized carbons (Fsp3) is 0.273. The summed E-state index contributed by atoms with van der Waals surface area (Å²) in [6.07, 6.45) is 1.75. The van der Waals surface area contributed by atoms with Crippen molar-refractivity contribution >= 4 is 22.5 Å². The van der Waals surface area contributed by atoms with Crippen LogP contribution in [0, 0.1) is 5.92 Å². The van der Waals surface area contributed by atoms with Gasteiger partial charge in [0.1, 0.15) is 0 Å². The number of carbonyl (C=O) groups excluding carboxylic acids is 1. The van der Waals surface area contributed by atoms with Gasteiger partial charge in [0, 0.05) is 18.5 Å². The first-order chi connectivity index (χ1) is 7.84. The van der Waals surface area contributed by atoms with Crippen molar-refractivity contribution in [2.75, 3.05) is 18.4 Å². The second kappa shape index (κ2) is 3.61. The Morgan fingerprint density at radius 1 is 1.44 bits per heavy atom. The lowest BCUT2D eigenvalue weighted by Gasteiger charge is -2.25. The molecule has 0 bridgehead atoms. The van der Waals surface area contributed by atoms with Gasteiger partial charge in [0.25, 0.3) is 0 Å². The summed E-state index contributed by atoms with van der Waals surface area (Å²) in [4.78, 5) is 11.8. The first-order valence-corrected chi connectivity index (χ1v) is 5.28. The number of hydrogen-bond donors (Lipinski definition) is 3. The molecule has 1 aromatic heterocycles. The summed E-state index contributed by atoms with van der Waals surface area (Å²) in [6.45, 7) is 1.54. The van der Waals surface area contributed by atoms with Crippen molar-refractivity contribution in [3.63, 3.8) is 0 Å². The highest BCUT2D eigenvalue weighted by Gasteiger charge is 2.25. The summed E-state index contributed by atoms with van der Waals surface area (Å²) in [5.74, 6) is 0.166. The zero-order chi connectivity index (χ0) is 11.0. The van der Waals surface area contributed by atoms with E-state index in [-0.39, 0.29) is 11.8 Å². The predicted molar refractivity (Wildman–Crippen MR) is 61.1 cm³/mol. The van der Waals surface area contributed by atoms with Crippen LogP contribution in [0.5, 0.6) is 0 Å². The van der Waals surface area contributed by atoms with E-state index in [1.807, 2.05) is 18.2 Å². The SMILES string of the molecule is O=C(Nc1cccc2cn[nH]c12)C1CNC1. The van der Waals surface area contributed by atoms with Crippen molar-refractivity contribution in [2.24, 2.45) is 5.92 Å². The van der Waals surface area contributed by atoms with Gasteiger partial charge in [-0.2, -0.15) is 5.10 Å². The summed E-state index contributed by atoms with van der Waals surface area (Å²) >= 11 is 0. The molecule has 2 heterocycles. The van der Waals surface area contributed by atoms with E-state index in [4.69, 9.17) is 0 Å². The number of rotatable bonds is 2. The molecule has 3 rings (SSSR count). The maximum absolute atomic E-state index is 11.8. The monoisotopic (exact) mass is 216 g/mol. The second-order valence-corrected chi connectivity index (χ2v) is 3.98. The van der Waals surface area contributed by atoms with Gasteiger partial charge in [-0.25, -0.2) is 0 Å². The van der Waals surface area contributed by atoms with E-state index < -0.39 is 0 Å². The molecular formula is C11H12N4O. The predicted octanol–water partition coefficient (Wildman–Crippen LogP) is 0.721. The van der Waals surface area contributed by atoms with Gasteiger partial charge in [-0.3, -0.25) is 9.89 Å². The number of aromatic amines is 1. The maximum atomic E-state index is 11.8. The van der Waals surface area contributed by atoms with Gasteiger partial charge in [-0.15, -0.1) is 0 Å². The lowest BCUT2D eigenvalue weighted by molar-refractivity contribution is -0.121. The Bertz CT molecular complexity index is 530.